The van der Waals surface area contributed by atoms with Gasteiger partial charge in [0.25, 0.3) is 0 Å². The van der Waals surface area contributed by atoms with Gasteiger partial charge in [-0.05, 0) is 23.9 Å². The molecule has 0 bridgehead atoms. The van der Waals surface area contributed by atoms with E-state index < -0.39 is 0 Å². The Morgan fingerprint density at radius 1 is 1.55 bits per heavy atom. The fraction of sp³-hybridized carbons (Fsp3) is 0.556. The molecule has 1 N–H and O–H groups in total. The highest BCUT2D eigenvalue weighted by atomic mass is 32.1. The molecule has 0 unspecified atom stereocenters. The number of thiophene rings is 1. The largest absolute Gasteiger partial charge is 0.310 e. The van der Waals surface area contributed by atoms with Crippen LogP contribution in [0.1, 0.15) is 24.3 Å². The molecule has 0 aromatic carbocycles. The van der Waals surface area contributed by atoms with Crippen molar-refractivity contribution < 1.29 is 0 Å². The van der Waals surface area contributed by atoms with E-state index in [-0.39, 0.29) is 0 Å². The van der Waals surface area contributed by atoms with Gasteiger partial charge in [-0.2, -0.15) is 0 Å². The summed E-state index contributed by atoms with van der Waals surface area (Å²) < 4.78 is 0. The van der Waals surface area contributed by atoms with Gasteiger partial charge in [0.05, 0.1) is 0 Å². The van der Waals surface area contributed by atoms with Crippen molar-refractivity contribution in [1.29, 1.82) is 0 Å². The highest BCUT2D eigenvalue weighted by Crippen LogP contribution is 2.14. The minimum Gasteiger partial charge on any atom is -0.310 e. The second kappa shape index (κ2) is 3.88. The first-order chi connectivity index (χ1) is 5.20. The van der Waals surface area contributed by atoms with Gasteiger partial charge in [-0.1, -0.05) is 13.8 Å². The molecule has 62 valence electrons. The van der Waals surface area contributed by atoms with E-state index in [0.717, 1.165) is 6.54 Å². The summed E-state index contributed by atoms with van der Waals surface area (Å²) in [5.74, 6) is 0. The lowest BCUT2D eigenvalue weighted by atomic mass is 10.3. The van der Waals surface area contributed by atoms with Crippen LogP contribution in [0.15, 0.2) is 11.4 Å². The lowest BCUT2D eigenvalue weighted by Gasteiger charge is -2.06. The van der Waals surface area contributed by atoms with Gasteiger partial charge < -0.3 is 5.32 Å². The summed E-state index contributed by atoms with van der Waals surface area (Å²) >= 11 is 1.83. The third-order valence-electron chi connectivity index (χ3n) is 1.64. The quantitative estimate of drug-likeness (QED) is 0.733. The molecule has 2 heteroatoms. The van der Waals surface area contributed by atoms with Crippen LogP contribution in [0, 0.1) is 6.92 Å². The Hall–Kier alpha value is -0.340. The molecule has 1 aromatic rings. The van der Waals surface area contributed by atoms with Crippen LogP contribution in [0.3, 0.4) is 0 Å². The molecule has 0 saturated carbocycles. The standard InChI is InChI=1S/C9H15NS/c1-7(2)10-6-9-8(3)4-5-11-9/h4-5,7,10H,6H2,1-3H3. The first-order valence-corrected chi connectivity index (χ1v) is 4.84. The molecule has 0 aliphatic carbocycles. The average Bonchev–Trinajstić information content (AvgIpc) is 2.31. The second-order valence-electron chi connectivity index (χ2n) is 3.06. The molecule has 11 heavy (non-hydrogen) atoms. The summed E-state index contributed by atoms with van der Waals surface area (Å²) in [6.45, 7) is 7.51. The highest BCUT2D eigenvalue weighted by Gasteiger charge is 1.99. The molecular formula is C9H15NS. The fourth-order valence-corrected chi connectivity index (χ4v) is 1.74. The number of hydrogen-bond acceptors (Lipinski definition) is 2. The predicted molar refractivity (Wildman–Crippen MR) is 51.0 cm³/mol. The van der Waals surface area contributed by atoms with E-state index in [1.54, 1.807) is 0 Å². The van der Waals surface area contributed by atoms with E-state index in [1.807, 2.05) is 11.3 Å². The maximum absolute atomic E-state index is 3.40. The van der Waals surface area contributed by atoms with Crippen molar-refractivity contribution in [3.05, 3.63) is 21.9 Å². The molecule has 0 aliphatic rings. The Kier molecular flexibility index (Phi) is 3.09. The Balaban J connectivity index is 2.44. The zero-order chi connectivity index (χ0) is 8.27. The zero-order valence-electron chi connectivity index (χ0n) is 7.35. The molecule has 1 nitrogen and oxygen atoms in total. The maximum Gasteiger partial charge on any atom is 0.0304 e. The summed E-state index contributed by atoms with van der Waals surface area (Å²) in [4.78, 5) is 1.46. The topological polar surface area (TPSA) is 12.0 Å². The predicted octanol–water partition coefficient (Wildman–Crippen LogP) is 2.55. The number of nitrogens with one attached hydrogen (secondary N) is 1. The molecule has 1 rings (SSSR count). The highest BCUT2D eigenvalue weighted by molar-refractivity contribution is 7.10. The summed E-state index contributed by atoms with van der Waals surface area (Å²) in [6, 6.07) is 2.75. The van der Waals surface area contributed by atoms with Gasteiger partial charge in [-0.15, -0.1) is 11.3 Å². The molecule has 0 radical (unpaired) electrons. The number of rotatable bonds is 3. The lowest BCUT2D eigenvalue weighted by Crippen LogP contribution is -2.21. The summed E-state index contributed by atoms with van der Waals surface area (Å²) in [5.41, 5.74) is 1.41. The van der Waals surface area contributed by atoms with Gasteiger partial charge in [0.1, 0.15) is 0 Å². The molecule has 0 amide bonds. The Morgan fingerprint density at radius 2 is 2.27 bits per heavy atom. The van der Waals surface area contributed by atoms with Crippen molar-refractivity contribution in [2.24, 2.45) is 0 Å². The second-order valence-corrected chi connectivity index (χ2v) is 4.06. The van der Waals surface area contributed by atoms with Crippen molar-refractivity contribution in [3.8, 4) is 0 Å². The van der Waals surface area contributed by atoms with Gasteiger partial charge in [0.15, 0.2) is 0 Å². The van der Waals surface area contributed by atoms with E-state index in [2.05, 4.69) is 37.5 Å². The fourth-order valence-electron chi connectivity index (χ4n) is 0.882. The van der Waals surface area contributed by atoms with Gasteiger partial charge in [0, 0.05) is 17.5 Å². The molecule has 1 heterocycles. The molecule has 0 spiro atoms. The molecule has 0 fully saturated rings. The zero-order valence-corrected chi connectivity index (χ0v) is 8.16. The van der Waals surface area contributed by atoms with Crippen LogP contribution in [0.5, 0.6) is 0 Å². The Bertz CT molecular complexity index is 215. The van der Waals surface area contributed by atoms with Crippen LogP contribution in [-0.4, -0.2) is 6.04 Å². The van der Waals surface area contributed by atoms with Crippen molar-refractivity contribution in [1.82, 2.24) is 5.32 Å². The van der Waals surface area contributed by atoms with Gasteiger partial charge >= 0.3 is 0 Å². The summed E-state index contributed by atoms with van der Waals surface area (Å²) in [7, 11) is 0. The summed E-state index contributed by atoms with van der Waals surface area (Å²) in [6.07, 6.45) is 0. The van der Waals surface area contributed by atoms with Crippen LogP contribution in [0.4, 0.5) is 0 Å². The van der Waals surface area contributed by atoms with Crippen LogP contribution < -0.4 is 5.32 Å². The molecule has 0 aliphatic heterocycles. The van der Waals surface area contributed by atoms with E-state index >= 15 is 0 Å². The first kappa shape index (κ1) is 8.75. The molecule has 1 aromatic heterocycles. The van der Waals surface area contributed by atoms with Crippen molar-refractivity contribution >= 4 is 11.3 Å². The van der Waals surface area contributed by atoms with Gasteiger partial charge in [-0.25, -0.2) is 0 Å². The van der Waals surface area contributed by atoms with E-state index in [4.69, 9.17) is 0 Å². The molecule has 0 atom stereocenters. The third-order valence-corrected chi connectivity index (χ3v) is 2.66. The molecule has 0 saturated heterocycles. The van der Waals surface area contributed by atoms with E-state index in [0.29, 0.717) is 6.04 Å². The van der Waals surface area contributed by atoms with Crippen molar-refractivity contribution in [2.75, 3.05) is 0 Å². The van der Waals surface area contributed by atoms with Gasteiger partial charge in [0.2, 0.25) is 0 Å². The normalized spacial score (nSPS) is 10.9. The minimum absolute atomic E-state index is 0.580. The Morgan fingerprint density at radius 3 is 2.73 bits per heavy atom. The van der Waals surface area contributed by atoms with E-state index in [1.165, 1.54) is 10.4 Å². The molecular weight excluding hydrogens is 154 g/mol. The average molecular weight is 169 g/mol. The number of hydrogen-bond donors (Lipinski definition) is 1. The summed E-state index contributed by atoms with van der Waals surface area (Å²) in [5, 5.41) is 5.54. The Labute approximate surface area is 72.4 Å². The number of aryl methyl sites for hydroxylation is 1. The first-order valence-electron chi connectivity index (χ1n) is 3.96. The van der Waals surface area contributed by atoms with Crippen molar-refractivity contribution in [2.45, 2.75) is 33.4 Å². The van der Waals surface area contributed by atoms with Crippen LogP contribution in [0.25, 0.3) is 0 Å². The third kappa shape index (κ3) is 2.64. The monoisotopic (exact) mass is 169 g/mol. The minimum atomic E-state index is 0.580. The van der Waals surface area contributed by atoms with Crippen LogP contribution >= 0.6 is 11.3 Å². The maximum atomic E-state index is 3.40. The van der Waals surface area contributed by atoms with Crippen LogP contribution in [-0.2, 0) is 6.54 Å². The smallest absolute Gasteiger partial charge is 0.0304 e. The lowest BCUT2D eigenvalue weighted by molar-refractivity contribution is 0.592. The van der Waals surface area contributed by atoms with Gasteiger partial charge in [-0.3, -0.25) is 0 Å². The van der Waals surface area contributed by atoms with Crippen LogP contribution in [0.2, 0.25) is 0 Å². The van der Waals surface area contributed by atoms with Crippen molar-refractivity contribution in [3.63, 3.8) is 0 Å². The SMILES string of the molecule is Cc1ccsc1CNC(C)C. The van der Waals surface area contributed by atoms with E-state index in [9.17, 15) is 0 Å².